The summed E-state index contributed by atoms with van der Waals surface area (Å²) in [5.74, 6) is -1.33. The number of carboxylic acid groups (broad SMARTS) is 1. The van der Waals surface area contributed by atoms with Gasteiger partial charge in [-0.2, -0.15) is 5.10 Å². The average molecular weight is 469 g/mol. The van der Waals surface area contributed by atoms with E-state index < -0.39 is 11.6 Å². The molecule has 0 saturated heterocycles. The molecule has 0 aliphatic rings. The van der Waals surface area contributed by atoms with Crippen LogP contribution in [0.3, 0.4) is 0 Å². The molecule has 4 aromatic rings. The SMILES string of the molecule is C=C(C)c1nn(Cc2ccc(-c3ccccc3C(=O)OC(C)(C)C)cc2)c2ccc(C(=O)O)cc12. The van der Waals surface area contributed by atoms with E-state index in [2.05, 4.69) is 6.58 Å². The van der Waals surface area contributed by atoms with Crippen LogP contribution in [0, 0.1) is 0 Å². The molecular formula is C29H28N2O4. The predicted molar refractivity (Wildman–Crippen MR) is 138 cm³/mol. The van der Waals surface area contributed by atoms with Crippen molar-refractivity contribution >= 4 is 28.4 Å². The minimum atomic E-state index is -0.977. The molecule has 0 aliphatic heterocycles. The van der Waals surface area contributed by atoms with E-state index in [-0.39, 0.29) is 11.5 Å². The summed E-state index contributed by atoms with van der Waals surface area (Å²) in [6.07, 6.45) is 0. The van der Waals surface area contributed by atoms with Crippen molar-refractivity contribution in [3.63, 3.8) is 0 Å². The van der Waals surface area contributed by atoms with E-state index in [0.717, 1.165) is 33.2 Å². The van der Waals surface area contributed by atoms with Gasteiger partial charge in [0.15, 0.2) is 0 Å². The number of fused-ring (bicyclic) bond motifs is 1. The van der Waals surface area contributed by atoms with E-state index in [4.69, 9.17) is 9.84 Å². The summed E-state index contributed by atoms with van der Waals surface area (Å²) in [4.78, 5) is 24.2. The molecule has 0 unspecified atom stereocenters. The quantitative estimate of drug-likeness (QED) is 0.329. The van der Waals surface area contributed by atoms with E-state index in [0.29, 0.717) is 17.8 Å². The third-order valence-corrected chi connectivity index (χ3v) is 5.54. The Balaban J connectivity index is 1.65. The first-order valence-electron chi connectivity index (χ1n) is 11.3. The number of allylic oxidation sites excluding steroid dienone is 1. The standard InChI is InChI=1S/C29H28N2O4/c1-18(2)26-24-16-21(27(32)33)14-15-25(24)31(30-26)17-19-10-12-20(13-11-19)22-8-6-7-9-23(22)28(34)35-29(3,4)5/h6-16H,1,17H2,2-5H3,(H,32,33). The highest BCUT2D eigenvalue weighted by atomic mass is 16.6. The molecule has 0 atom stereocenters. The zero-order chi connectivity index (χ0) is 25.3. The number of esters is 1. The van der Waals surface area contributed by atoms with Gasteiger partial charge in [-0.1, -0.05) is 49.0 Å². The third-order valence-electron chi connectivity index (χ3n) is 5.54. The van der Waals surface area contributed by atoms with Gasteiger partial charge in [-0.25, -0.2) is 9.59 Å². The van der Waals surface area contributed by atoms with E-state index in [1.165, 1.54) is 0 Å². The summed E-state index contributed by atoms with van der Waals surface area (Å²) in [6, 6.07) is 20.4. The van der Waals surface area contributed by atoms with Gasteiger partial charge >= 0.3 is 11.9 Å². The number of carbonyl (C=O) groups is 2. The van der Waals surface area contributed by atoms with Crippen molar-refractivity contribution < 1.29 is 19.4 Å². The van der Waals surface area contributed by atoms with Crippen molar-refractivity contribution in [2.75, 3.05) is 0 Å². The van der Waals surface area contributed by atoms with Gasteiger partial charge in [-0.3, -0.25) is 4.68 Å². The van der Waals surface area contributed by atoms with Crippen LogP contribution in [0.2, 0.25) is 0 Å². The van der Waals surface area contributed by atoms with Crippen molar-refractivity contribution in [2.45, 2.75) is 39.8 Å². The van der Waals surface area contributed by atoms with Gasteiger partial charge in [0, 0.05) is 5.39 Å². The number of aromatic nitrogens is 2. The van der Waals surface area contributed by atoms with Crippen LogP contribution in [0.15, 0.2) is 73.3 Å². The first-order valence-corrected chi connectivity index (χ1v) is 11.3. The number of carbonyl (C=O) groups excluding carboxylic acids is 1. The lowest BCUT2D eigenvalue weighted by Crippen LogP contribution is -2.24. The number of benzene rings is 3. The maximum atomic E-state index is 12.7. The fourth-order valence-electron chi connectivity index (χ4n) is 3.96. The number of rotatable bonds is 6. The first-order chi connectivity index (χ1) is 16.5. The van der Waals surface area contributed by atoms with Gasteiger partial charge in [-0.05, 0) is 74.2 Å². The van der Waals surface area contributed by atoms with Crippen molar-refractivity contribution in [1.29, 1.82) is 0 Å². The topological polar surface area (TPSA) is 81.4 Å². The Morgan fingerprint density at radius 2 is 1.71 bits per heavy atom. The van der Waals surface area contributed by atoms with Gasteiger partial charge < -0.3 is 9.84 Å². The summed E-state index contributed by atoms with van der Waals surface area (Å²) in [5, 5.41) is 14.8. The second-order valence-electron chi connectivity index (χ2n) is 9.57. The van der Waals surface area contributed by atoms with Crippen LogP contribution in [0.1, 0.15) is 59.7 Å². The van der Waals surface area contributed by atoms with Crippen molar-refractivity contribution in [3.8, 4) is 11.1 Å². The smallest absolute Gasteiger partial charge is 0.339 e. The number of ether oxygens (including phenoxy) is 1. The molecule has 1 aromatic heterocycles. The lowest BCUT2D eigenvalue weighted by Gasteiger charge is -2.20. The van der Waals surface area contributed by atoms with Gasteiger partial charge in [0.2, 0.25) is 0 Å². The maximum absolute atomic E-state index is 12.7. The molecule has 1 N–H and O–H groups in total. The van der Waals surface area contributed by atoms with Crippen LogP contribution in [0.5, 0.6) is 0 Å². The normalized spacial score (nSPS) is 11.4. The monoisotopic (exact) mass is 468 g/mol. The largest absolute Gasteiger partial charge is 0.478 e. The Kier molecular flexibility index (Phi) is 6.31. The molecule has 0 spiro atoms. The Labute approximate surface area is 204 Å². The molecule has 0 aliphatic carbocycles. The molecule has 0 amide bonds. The molecule has 0 radical (unpaired) electrons. The molecule has 0 bridgehead atoms. The second kappa shape index (κ2) is 9.22. The molecular weight excluding hydrogens is 440 g/mol. The van der Waals surface area contributed by atoms with E-state index in [1.54, 1.807) is 24.3 Å². The van der Waals surface area contributed by atoms with Crippen molar-refractivity contribution in [3.05, 3.63) is 95.7 Å². The van der Waals surface area contributed by atoms with Crippen LogP contribution in [-0.4, -0.2) is 32.4 Å². The molecule has 4 rings (SSSR count). The summed E-state index contributed by atoms with van der Waals surface area (Å²) in [6.45, 7) is 11.9. The molecule has 1 heterocycles. The summed E-state index contributed by atoms with van der Waals surface area (Å²) in [5.41, 5.74) is 5.19. The van der Waals surface area contributed by atoms with Crippen LogP contribution < -0.4 is 0 Å². The fourth-order valence-corrected chi connectivity index (χ4v) is 3.96. The molecule has 3 aromatic carbocycles. The Morgan fingerprint density at radius 3 is 2.34 bits per heavy atom. The highest BCUT2D eigenvalue weighted by Crippen LogP contribution is 2.28. The zero-order valence-corrected chi connectivity index (χ0v) is 20.3. The van der Waals surface area contributed by atoms with Gasteiger partial charge in [0.05, 0.1) is 28.9 Å². The number of nitrogens with zero attached hydrogens (tertiary/aromatic N) is 2. The molecule has 178 valence electrons. The lowest BCUT2D eigenvalue weighted by molar-refractivity contribution is 0.00702. The maximum Gasteiger partial charge on any atom is 0.339 e. The van der Waals surface area contributed by atoms with Crippen molar-refractivity contribution in [1.82, 2.24) is 9.78 Å². The summed E-state index contributed by atoms with van der Waals surface area (Å²) in [7, 11) is 0. The van der Waals surface area contributed by atoms with Crippen LogP contribution in [0.25, 0.3) is 27.6 Å². The molecule has 6 nitrogen and oxygen atoms in total. The van der Waals surface area contributed by atoms with Crippen LogP contribution >= 0.6 is 0 Å². The number of hydrogen-bond donors (Lipinski definition) is 1. The summed E-state index contributed by atoms with van der Waals surface area (Å²) < 4.78 is 7.44. The third kappa shape index (κ3) is 5.17. The Bertz CT molecular complexity index is 1440. The minimum absolute atomic E-state index is 0.215. The summed E-state index contributed by atoms with van der Waals surface area (Å²) >= 11 is 0. The molecule has 35 heavy (non-hydrogen) atoms. The fraction of sp³-hybridized carbons (Fsp3) is 0.207. The lowest BCUT2D eigenvalue weighted by atomic mass is 9.98. The Morgan fingerprint density at radius 1 is 1.03 bits per heavy atom. The van der Waals surface area contributed by atoms with E-state index in [9.17, 15) is 14.7 Å². The highest BCUT2D eigenvalue weighted by Gasteiger charge is 2.21. The number of hydrogen-bond acceptors (Lipinski definition) is 4. The van der Waals surface area contributed by atoms with Gasteiger partial charge in [0.25, 0.3) is 0 Å². The number of carboxylic acids is 1. The van der Waals surface area contributed by atoms with Crippen LogP contribution in [0.4, 0.5) is 0 Å². The molecule has 0 fully saturated rings. The first kappa shape index (κ1) is 24.0. The van der Waals surface area contributed by atoms with Crippen LogP contribution in [-0.2, 0) is 11.3 Å². The zero-order valence-electron chi connectivity index (χ0n) is 20.3. The molecule has 0 saturated carbocycles. The van der Waals surface area contributed by atoms with Gasteiger partial charge in [-0.15, -0.1) is 0 Å². The second-order valence-corrected chi connectivity index (χ2v) is 9.57. The van der Waals surface area contributed by atoms with E-state index in [1.807, 2.05) is 74.8 Å². The Hall–Kier alpha value is -4.19. The number of aromatic carboxylic acids is 1. The average Bonchev–Trinajstić information content (AvgIpc) is 3.16. The van der Waals surface area contributed by atoms with Gasteiger partial charge in [0.1, 0.15) is 5.60 Å². The molecule has 6 heteroatoms. The predicted octanol–water partition coefficient (Wildman–Crippen LogP) is 6.44. The highest BCUT2D eigenvalue weighted by molar-refractivity contribution is 5.98. The minimum Gasteiger partial charge on any atom is -0.478 e. The van der Waals surface area contributed by atoms with E-state index >= 15 is 0 Å². The van der Waals surface area contributed by atoms with Crippen molar-refractivity contribution in [2.24, 2.45) is 0 Å².